The fourth-order valence-corrected chi connectivity index (χ4v) is 2.58. The summed E-state index contributed by atoms with van der Waals surface area (Å²) in [6.45, 7) is 1.80. The van der Waals surface area contributed by atoms with Gasteiger partial charge < -0.3 is 19.1 Å². The molecule has 0 heterocycles. The van der Waals surface area contributed by atoms with Crippen LogP contribution in [0.15, 0.2) is 16.6 Å². The van der Waals surface area contributed by atoms with Crippen molar-refractivity contribution in [3.8, 4) is 17.6 Å². The lowest BCUT2D eigenvalue weighted by Crippen LogP contribution is -2.38. The predicted molar refractivity (Wildman–Crippen MR) is 94.4 cm³/mol. The zero-order chi connectivity index (χ0) is 19.0. The molecule has 25 heavy (non-hydrogen) atoms. The number of nitriles is 1. The van der Waals surface area contributed by atoms with Crippen molar-refractivity contribution in [2.45, 2.75) is 25.9 Å². The number of likely N-dealkylation sites (N-methyl/N-ethyl adjacent to an activating group) is 1. The Morgan fingerprint density at radius 1 is 1.28 bits per heavy atom. The summed E-state index contributed by atoms with van der Waals surface area (Å²) in [4.78, 5) is 25.6. The number of rotatable bonds is 8. The van der Waals surface area contributed by atoms with Crippen LogP contribution >= 0.6 is 15.9 Å². The molecule has 1 amide bonds. The lowest BCUT2D eigenvalue weighted by molar-refractivity contribution is -0.157. The van der Waals surface area contributed by atoms with E-state index in [0.29, 0.717) is 28.1 Å². The second-order valence-corrected chi connectivity index (χ2v) is 6.13. The molecule has 0 saturated heterocycles. The summed E-state index contributed by atoms with van der Waals surface area (Å²) in [5, 5.41) is 8.55. The molecule has 0 bridgehead atoms. The Kier molecular flexibility index (Phi) is 8.22. The molecule has 8 heteroatoms. The van der Waals surface area contributed by atoms with Gasteiger partial charge in [0.1, 0.15) is 0 Å². The monoisotopic (exact) mass is 412 g/mol. The van der Waals surface area contributed by atoms with E-state index in [2.05, 4.69) is 15.9 Å². The molecule has 0 radical (unpaired) electrons. The lowest BCUT2D eigenvalue weighted by Gasteiger charge is -2.20. The van der Waals surface area contributed by atoms with Crippen LogP contribution in [0.25, 0.3) is 0 Å². The highest BCUT2D eigenvalue weighted by atomic mass is 79.9. The minimum Gasteiger partial charge on any atom is -0.493 e. The molecule has 0 unspecified atom stereocenters. The highest BCUT2D eigenvalue weighted by Gasteiger charge is 2.22. The van der Waals surface area contributed by atoms with Gasteiger partial charge in [-0.3, -0.25) is 9.59 Å². The standard InChI is InChI=1S/C17H21BrN2O5/c1-11(17(22)20(2)7-5-6-19)25-16(21)9-12-8-14(23-3)15(24-4)10-13(12)18/h8,10-11H,5,7,9H2,1-4H3/t11-/m0/s1. The van der Waals surface area contributed by atoms with Crippen molar-refractivity contribution in [3.63, 3.8) is 0 Å². The number of hydrogen-bond donors (Lipinski definition) is 0. The molecule has 1 aromatic rings. The molecule has 0 aliphatic rings. The third kappa shape index (κ3) is 5.94. The maximum absolute atomic E-state index is 12.1. The van der Waals surface area contributed by atoms with Gasteiger partial charge in [0, 0.05) is 18.1 Å². The third-order valence-corrected chi connectivity index (χ3v) is 4.22. The average Bonchev–Trinajstić information content (AvgIpc) is 2.59. The first kappa shape index (κ1) is 20.8. The van der Waals surface area contributed by atoms with Crippen molar-refractivity contribution < 1.29 is 23.8 Å². The van der Waals surface area contributed by atoms with Crippen molar-refractivity contribution in [3.05, 3.63) is 22.2 Å². The summed E-state index contributed by atoms with van der Waals surface area (Å²) >= 11 is 3.38. The van der Waals surface area contributed by atoms with Crippen LogP contribution in [-0.4, -0.2) is 50.7 Å². The number of ether oxygens (including phenoxy) is 3. The van der Waals surface area contributed by atoms with Gasteiger partial charge in [-0.1, -0.05) is 15.9 Å². The summed E-state index contributed by atoms with van der Waals surface area (Å²) in [6.07, 6.45) is -0.725. The summed E-state index contributed by atoms with van der Waals surface area (Å²) in [6, 6.07) is 5.34. The summed E-state index contributed by atoms with van der Waals surface area (Å²) in [5.74, 6) is 0.139. The smallest absolute Gasteiger partial charge is 0.311 e. The number of halogens is 1. The number of hydrogen-bond acceptors (Lipinski definition) is 6. The van der Waals surface area contributed by atoms with Crippen LogP contribution in [0.3, 0.4) is 0 Å². The largest absolute Gasteiger partial charge is 0.493 e. The first-order valence-corrected chi connectivity index (χ1v) is 8.35. The second kappa shape index (κ2) is 9.89. The Balaban J connectivity index is 2.73. The number of esters is 1. The number of benzene rings is 1. The molecule has 0 N–H and O–H groups in total. The van der Waals surface area contributed by atoms with E-state index in [1.165, 1.54) is 26.0 Å². The summed E-state index contributed by atoms with van der Waals surface area (Å²) < 4.78 is 16.3. The van der Waals surface area contributed by atoms with Crippen LogP contribution < -0.4 is 9.47 Å². The van der Waals surface area contributed by atoms with Gasteiger partial charge in [-0.2, -0.15) is 5.26 Å². The molecule has 0 spiro atoms. The zero-order valence-electron chi connectivity index (χ0n) is 14.7. The molecule has 1 atom stereocenters. The van der Waals surface area contributed by atoms with E-state index in [1.54, 1.807) is 19.2 Å². The highest BCUT2D eigenvalue weighted by molar-refractivity contribution is 9.10. The van der Waals surface area contributed by atoms with Gasteiger partial charge in [0.15, 0.2) is 17.6 Å². The molecule has 0 fully saturated rings. The molecule has 0 aromatic heterocycles. The number of methoxy groups -OCH3 is 2. The SMILES string of the molecule is COc1cc(Br)c(CC(=O)O[C@@H](C)C(=O)N(C)CCC#N)cc1OC. The van der Waals surface area contributed by atoms with Crippen molar-refractivity contribution >= 4 is 27.8 Å². The Morgan fingerprint density at radius 2 is 1.88 bits per heavy atom. The minimum absolute atomic E-state index is 0.0273. The number of carbonyl (C=O) groups excluding carboxylic acids is 2. The second-order valence-electron chi connectivity index (χ2n) is 5.28. The van der Waals surface area contributed by atoms with Gasteiger partial charge in [0.25, 0.3) is 5.91 Å². The molecule has 136 valence electrons. The molecular weight excluding hydrogens is 392 g/mol. The van der Waals surface area contributed by atoms with Crippen LogP contribution in [0.5, 0.6) is 11.5 Å². The van der Waals surface area contributed by atoms with E-state index in [4.69, 9.17) is 19.5 Å². The topological polar surface area (TPSA) is 88.9 Å². The van der Waals surface area contributed by atoms with Crippen molar-refractivity contribution in [2.24, 2.45) is 0 Å². The quantitative estimate of drug-likeness (QED) is 0.608. The predicted octanol–water partition coefficient (Wildman–Crippen LogP) is 2.31. The van der Waals surface area contributed by atoms with Gasteiger partial charge in [0.05, 0.1) is 33.1 Å². The maximum Gasteiger partial charge on any atom is 0.311 e. The lowest BCUT2D eigenvalue weighted by atomic mass is 10.1. The minimum atomic E-state index is -0.921. The van der Waals surface area contributed by atoms with E-state index < -0.39 is 12.1 Å². The van der Waals surface area contributed by atoms with Crippen molar-refractivity contribution in [1.29, 1.82) is 5.26 Å². The number of amides is 1. The Morgan fingerprint density at radius 3 is 2.44 bits per heavy atom. The molecule has 7 nitrogen and oxygen atoms in total. The average molecular weight is 413 g/mol. The Labute approximate surface area is 155 Å². The van der Waals surface area contributed by atoms with Gasteiger partial charge in [-0.15, -0.1) is 0 Å². The van der Waals surface area contributed by atoms with Crippen molar-refractivity contribution in [2.75, 3.05) is 27.8 Å². The zero-order valence-corrected chi connectivity index (χ0v) is 16.3. The van der Waals surface area contributed by atoms with E-state index >= 15 is 0 Å². The van der Waals surface area contributed by atoms with Gasteiger partial charge in [-0.25, -0.2) is 0 Å². The summed E-state index contributed by atoms with van der Waals surface area (Å²) in [7, 11) is 4.59. The van der Waals surface area contributed by atoms with Crippen LogP contribution in [0.4, 0.5) is 0 Å². The van der Waals surface area contributed by atoms with Crippen molar-refractivity contribution in [1.82, 2.24) is 4.90 Å². The fraction of sp³-hybridized carbons (Fsp3) is 0.471. The van der Waals surface area contributed by atoms with E-state index in [0.717, 1.165) is 0 Å². The first-order chi connectivity index (χ1) is 11.8. The van der Waals surface area contributed by atoms with E-state index in [9.17, 15) is 9.59 Å². The van der Waals surface area contributed by atoms with Crippen LogP contribution in [0.1, 0.15) is 18.9 Å². The van der Waals surface area contributed by atoms with E-state index in [1.807, 2.05) is 6.07 Å². The molecule has 1 aromatic carbocycles. The number of carbonyl (C=O) groups is 2. The highest BCUT2D eigenvalue weighted by Crippen LogP contribution is 2.33. The Bertz CT molecular complexity index is 672. The number of nitrogens with zero attached hydrogens (tertiary/aromatic N) is 2. The van der Waals surface area contributed by atoms with Crippen LogP contribution in [0.2, 0.25) is 0 Å². The molecule has 0 aliphatic carbocycles. The Hall–Kier alpha value is -2.27. The van der Waals surface area contributed by atoms with Crippen LogP contribution in [-0.2, 0) is 20.7 Å². The van der Waals surface area contributed by atoms with Gasteiger partial charge in [0.2, 0.25) is 0 Å². The fourth-order valence-electron chi connectivity index (χ4n) is 2.11. The normalized spacial score (nSPS) is 11.2. The first-order valence-electron chi connectivity index (χ1n) is 7.55. The summed E-state index contributed by atoms with van der Waals surface area (Å²) in [5.41, 5.74) is 0.653. The van der Waals surface area contributed by atoms with E-state index in [-0.39, 0.29) is 18.7 Å². The molecule has 1 rings (SSSR count). The van der Waals surface area contributed by atoms with Crippen LogP contribution in [0, 0.1) is 11.3 Å². The molecule has 0 saturated carbocycles. The van der Waals surface area contributed by atoms with Gasteiger partial charge in [-0.05, 0) is 24.6 Å². The van der Waals surface area contributed by atoms with Gasteiger partial charge >= 0.3 is 5.97 Å². The third-order valence-electron chi connectivity index (χ3n) is 3.48. The molecule has 0 aliphatic heterocycles. The maximum atomic E-state index is 12.1. The molecular formula is C17H21BrN2O5.